The molecule has 0 radical (unpaired) electrons. The van der Waals surface area contributed by atoms with Gasteiger partial charge in [-0.2, -0.15) is 0 Å². The van der Waals surface area contributed by atoms with Gasteiger partial charge in [0.15, 0.2) is 11.0 Å². The quantitative estimate of drug-likeness (QED) is 0.909. The molecule has 0 saturated carbocycles. The smallest absolute Gasteiger partial charge is 0.223 e. The Kier molecular flexibility index (Phi) is 5.10. The second kappa shape index (κ2) is 7.24. The van der Waals surface area contributed by atoms with E-state index in [4.69, 9.17) is 16.3 Å². The molecule has 1 aromatic heterocycles. The molecule has 3 rings (SSSR count). The second-order valence-corrected chi connectivity index (χ2v) is 6.34. The number of carbonyl (C=O) groups is 1. The Morgan fingerprint density at radius 2 is 2.14 bits per heavy atom. The first-order valence-electron chi connectivity index (χ1n) is 7.82. The van der Waals surface area contributed by atoms with Gasteiger partial charge in [-0.1, -0.05) is 11.6 Å². The number of ether oxygens (including phenoxy) is 1. The van der Waals surface area contributed by atoms with Gasteiger partial charge in [-0.15, -0.1) is 10.2 Å². The molecule has 1 amide bonds. The van der Waals surface area contributed by atoms with Crippen LogP contribution < -0.4 is 10.2 Å². The number of halogens is 1. The normalized spacial score (nSPS) is 22.8. The number of carbonyl (C=O) groups excluding carboxylic acids is 1. The van der Waals surface area contributed by atoms with Gasteiger partial charge in [0.05, 0.1) is 6.61 Å². The molecule has 120 valence electrons. The fourth-order valence-corrected chi connectivity index (χ4v) is 3.08. The van der Waals surface area contributed by atoms with Crippen molar-refractivity contribution in [3.05, 3.63) is 17.3 Å². The third-order valence-electron chi connectivity index (χ3n) is 4.40. The summed E-state index contributed by atoms with van der Waals surface area (Å²) in [5.41, 5.74) is 0. The van der Waals surface area contributed by atoms with Crippen LogP contribution in [-0.2, 0) is 9.53 Å². The van der Waals surface area contributed by atoms with Crippen LogP contribution in [-0.4, -0.2) is 49.0 Å². The summed E-state index contributed by atoms with van der Waals surface area (Å²) in [4.78, 5) is 14.4. The standard InChI is InChI=1S/C15H21ClN4O2/c16-13-1-2-14(19-18-13)20-6-3-12(4-7-20)15(21)17-9-11-5-8-22-10-11/h1-2,11-12H,3-10H2,(H,17,21)/t11-/m1/s1. The zero-order chi connectivity index (χ0) is 15.4. The van der Waals surface area contributed by atoms with Gasteiger partial charge in [0, 0.05) is 38.1 Å². The fraction of sp³-hybridized carbons (Fsp3) is 0.667. The number of nitrogens with zero attached hydrogens (tertiary/aromatic N) is 3. The van der Waals surface area contributed by atoms with Crippen LogP contribution >= 0.6 is 11.6 Å². The van der Waals surface area contributed by atoms with E-state index in [1.807, 2.05) is 6.07 Å². The number of hydrogen-bond donors (Lipinski definition) is 1. The monoisotopic (exact) mass is 324 g/mol. The van der Waals surface area contributed by atoms with Gasteiger partial charge in [0.2, 0.25) is 5.91 Å². The molecule has 22 heavy (non-hydrogen) atoms. The highest BCUT2D eigenvalue weighted by atomic mass is 35.5. The maximum absolute atomic E-state index is 12.2. The highest BCUT2D eigenvalue weighted by Crippen LogP contribution is 2.22. The van der Waals surface area contributed by atoms with Crippen molar-refractivity contribution in [3.63, 3.8) is 0 Å². The van der Waals surface area contributed by atoms with Crippen molar-refractivity contribution in [2.45, 2.75) is 19.3 Å². The van der Waals surface area contributed by atoms with Gasteiger partial charge in [0.25, 0.3) is 0 Å². The minimum absolute atomic E-state index is 0.0961. The van der Waals surface area contributed by atoms with Crippen LogP contribution in [0.4, 0.5) is 5.82 Å². The fourth-order valence-electron chi connectivity index (χ4n) is 2.98. The molecule has 3 heterocycles. The van der Waals surface area contributed by atoms with Crippen LogP contribution in [0.3, 0.4) is 0 Å². The highest BCUT2D eigenvalue weighted by molar-refractivity contribution is 6.29. The lowest BCUT2D eigenvalue weighted by Gasteiger charge is -2.31. The van der Waals surface area contributed by atoms with E-state index in [1.54, 1.807) is 6.07 Å². The number of aromatic nitrogens is 2. The number of anilines is 1. The molecular weight excluding hydrogens is 304 g/mol. The number of amides is 1. The van der Waals surface area contributed by atoms with Crippen LogP contribution in [0, 0.1) is 11.8 Å². The van der Waals surface area contributed by atoms with Crippen molar-refractivity contribution in [2.24, 2.45) is 11.8 Å². The molecule has 2 aliphatic heterocycles. The molecule has 0 bridgehead atoms. The van der Waals surface area contributed by atoms with Crippen molar-refractivity contribution in [2.75, 3.05) is 37.7 Å². The van der Waals surface area contributed by atoms with E-state index in [1.165, 1.54) is 0 Å². The maximum Gasteiger partial charge on any atom is 0.223 e. The van der Waals surface area contributed by atoms with Gasteiger partial charge < -0.3 is 15.0 Å². The van der Waals surface area contributed by atoms with E-state index in [2.05, 4.69) is 20.4 Å². The molecule has 0 spiro atoms. The van der Waals surface area contributed by atoms with Gasteiger partial charge in [-0.05, 0) is 31.4 Å². The average Bonchev–Trinajstić information content (AvgIpc) is 3.07. The first-order chi connectivity index (χ1) is 10.7. The summed E-state index contributed by atoms with van der Waals surface area (Å²) < 4.78 is 5.33. The number of piperidine rings is 1. The summed E-state index contributed by atoms with van der Waals surface area (Å²) >= 11 is 5.75. The Bertz CT molecular complexity index is 497. The van der Waals surface area contributed by atoms with E-state index >= 15 is 0 Å². The van der Waals surface area contributed by atoms with Gasteiger partial charge in [-0.3, -0.25) is 4.79 Å². The zero-order valence-electron chi connectivity index (χ0n) is 12.5. The minimum atomic E-state index is 0.0961. The zero-order valence-corrected chi connectivity index (χ0v) is 13.3. The Morgan fingerprint density at radius 3 is 2.77 bits per heavy atom. The van der Waals surface area contributed by atoms with Gasteiger partial charge in [-0.25, -0.2) is 0 Å². The lowest BCUT2D eigenvalue weighted by molar-refractivity contribution is -0.125. The third-order valence-corrected chi connectivity index (χ3v) is 4.60. The third kappa shape index (κ3) is 3.87. The highest BCUT2D eigenvalue weighted by Gasteiger charge is 2.26. The van der Waals surface area contributed by atoms with Crippen LogP contribution in [0.1, 0.15) is 19.3 Å². The van der Waals surface area contributed by atoms with Crippen molar-refractivity contribution < 1.29 is 9.53 Å². The van der Waals surface area contributed by atoms with E-state index in [9.17, 15) is 4.79 Å². The van der Waals surface area contributed by atoms with Crippen molar-refractivity contribution in [3.8, 4) is 0 Å². The topological polar surface area (TPSA) is 67.3 Å². The van der Waals surface area contributed by atoms with Crippen LogP contribution in [0.15, 0.2) is 12.1 Å². The summed E-state index contributed by atoms with van der Waals surface area (Å²) in [6.45, 7) is 3.97. The molecule has 1 atom stereocenters. The summed E-state index contributed by atoms with van der Waals surface area (Å²) in [6, 6.07) is 3.61. The van der Waals surface area contributed by atoms with Crippen molar-refractivity contribution in [1.82, 2.24) is 15.5 Å². The Labute approximate surface area is 135 Å². The molecule has 2 fully saturated rings. The number of nitrogens with one attached hydrogen (secondary N) is 1. The molecular formula is C15H21ClN4O2. The molecule has 2 saturated heterocycles. The first kappa shape index (κ1) is 15.5. The number of hydrogen-bond acceptors (Lipinski definition) is 5. The molecule has 0 aromatic carbocycles. The molecule has 2 aliphatic rings. The van der Waals surface area contributed by atoms with Gasteiger partial charge in [0.1, 0.15) is 0 Å². The van der Waals surface area contributed by atoms with E-state index in [0.29, 0.717) is 11.1 Å². The lowest BCUT2D eigenvalue weighted by atomic mass is 9.95. The predicted octanol–water partition coefficient (Wildman–Crippen LogP) is 1.50. The first-order valence-corrected chi connectivity index (χ1v) is 8.20. The summed E-state index contributed by atoms with van der Waals surface area (Å²) in [5, 5.41) is 11.4. The SMILES string of the molecule is O=C(NC[C@H]1CCOC1)C1CCN(c2ccc(Cl)nn2)CC1. The maximum atomic E-state index is 12.2. The number of rotatable bonds is 4. The Hall–Kier alpha value is -1.40. The second-order valence-electron chi connectivity index (χ2n) is 5.95. The van der Waals surface area contributed by atoms with E-state index in [0.717, 1.165) is 57.9 Å². The molecule has 0 aliphatic carbocycles. The molecule has 1 N–H and O–H groups in total. The van der Waals surface area contributed by atoms with Crippen LogP contribution in [0.25, 0.3) is 0 Å². The minimum Gasteiger partial charge on any atom is -0.381 e. The Morgan fingerprint density at radius 1 is 1.32 bits per heavy atom. The average molecular weight is 325 g/mol. The van der Waals surface area contributed by atoms with E-state index < -0.39 is 0 Å². The van der Waals surface area contributed by atoms with Crippen molar-refractivity contribution >= 4 is 23.3 Å². The van der Waals surface area contributed by atoms with Crippen LogP contribution in [0.2, 0.25) is 5.15 Å². The lowest BCUT2D eigenvalue weighted by Crippen LogP contribution is -2.42. The van der Waals surface area contributed by atoms with E-state index in [-0.39, 0.29) is 11.8 Å². The molecule has 0 unspecified atom stereocenters. The molecule has 7 heteroatoms. The summed E-state index contributed by atoms with van der Waals surface area (Å²) in [6.07, 6.45) is 2.74. The summed E-state index contributed by atoms with van der Waals surface area (Å²) in [7, 11) is 0. The Balaban J connectivity index is 1.44. The van der Waals surface area contributed by atoms with Crippen molar-refractivity contribution in [1.29, 1.82) is 0 Å². The van der Waals surface area contributed by atoms with Crippen LogP contribution in [0.5, 0.6) is 0 Å². The summed E-state index contributed by atoms with van der Waals surface area (Å²) in [5.74, 6) is 1.58. The predicted molar refractivity (Wildman–Crippen MR) is 83.9 cm³/mol. The molecule has 6 nitrogen and oxygen atoms in total. The largest absolute Gasteiger partial charge is 0.381 e. The molecule has 1 aromatic rings. The van der Waals surface area contributed by atoms with Gasteiger partial charge >= 0.3 is 0 Å².